The van der Waals surface area contributed by atoms with E-state index in [0.717, 1.165) is 21.1 Å². The first-order valence-electron chi connectivity index (χ1n) is 8.17. The largest absolute Gasteiger partial charge is 0.395 e. The van der Waals surface area contributed by atoms with Gasteiger partial charge in [0.05, 0.1) is 23.2 Å². The van der Waals surface area contributed by atoms with Gasteiger partial charge < -0.3 is 15.3 Å². The molecule has 1 unspecified atom stereocenters. The fraction of sp³-hybridized carbons (Fsp3) is 0.444. The second kappa shape index (κ2) is 8.26. The molecule has 1 aromatic carbocycles. The topological polar surface area (TPSA) is 65.5 Å². The molecular formula is C18H25N3O2S. The first-order chi connectivity index (χ1) is 11.5. The molecule has 0 saturated carbocycles. The number of thiazole rings is 1. The number of hydrogen-bond donors (Lipinski definition) is 2. The van der Waals surface area contributed by atoms with Crippen molar-refractivity contribution in [2.45, 2.75) is 33.7 Å². The van der Waals surface area contributed by atoms with Crippen molar-refractivity contribution < 1.29 is 9.90 Å². The predicted octanol–water partition coefficient (Wildman–Crippen LogP) is 3.51. The molecule has 5 nitrogen and oxygen atoms in total. The molecule has 2 N–H and O–H groups in total. The van der Waals surface area contributed by atoms with Crippen LogP contribution in [0.3, 0.4) is 0 Å². The molecule has 1 aromatic heterocycles. The highest BCUT2D eigenvalue weighted by Crippen LogP contribution is 2.31. The van der Waals surface area contributed by atoms with Crippen molar-refractivity contribution in [2.75, 3.05) is 19.7 Å². The van der Waals surface area contributed by atoms with Crippen molar-refractivity contribution in [3.05, 3.63) is 40.4 Å². The number of aliphatic hydroxyl groups excluding tert-OH is 1. The molecule has 6 heteroatoms. The van der Waals surface area contributed by atoms with E-state index in [9.17, 15) is 4.79 Å². The van der Waals surface area contributed by atoms with Crippen LogP contribution < -0.4 is 5.32 Å². The summed E-state index contributed by atoms with van der Waals surface area (Å²) in [5.74, 6) is 0. The number of carbonyl (C=O) groups is 1. The fourth-order valence-corrected chi connectivity index (χ4v) is 3.57. The molecule has 0 aliphatic heterocycles. The van der Waals surface area contributed by atoms with E-state index in [1.54, 1.807) is 16.2 Å². The second-order valence-electron chi connectivity index (χ2n) is 5.81. The summed E-state index contributed by atoms with van der Waals surface area (Å²) in [6.07, 6.45) is 0. The van der Waals surface area contributed by atoms with E-state index >= 15 is 0 Å². The zero-order valence-corrected chi connectivity index (χ0v) is 15.5. The Hall–Kier alpha value is -1.92. The van der Waals surface area contributed by atoms with Gasteiger partial charge in [-0.15, -0.1) is 11.3 Å². The monoisotopic (exact) mass is 347 g/mol. The standard InChI is InChI=1S/C18H25N3O2S/c1-5-21(10-11-22)18(23)20-14(4)16-13(3)19-17(24-16)15-8-6-12(2)7-9-15/h6-9,14,22H,5,10-11H2,1-4H3,(H,20,23). The molecular weight excluding hydrogens is 322 g/mol. The number of benzene rings is 1. The molecule has 0 saturated heterocycles. The fourth-order valence-electron chi connectivity index (χ4n) is 2.50. The Bertz CT molecular complexity index is 682. The third-order valence-corrected chi connectivity index (χ3v) is 5.29. The average Bonchev–Trinajstić information content (AvgIpc) is 2.95. The molecule has 2 aromatic rings. The Balaban J connectivity index is 2.14. The molecule has 0 fully saturated rings. The summed E-state index contributed by atoms with van der Waals surface area (Å²) in [6, 6.07) is 8.00. The van der Waals surface area contributed by atoms with Crippen LogP contribution in [-0.4, -0.2) is 40.7 Å². The number of aromatic nitrogens is 1. The summed E-state index contributed by atoms with van der Waals surface area (Å²) in [4.78, 5) is 19.6. The minimum Gasteiger partial charge on any atom is -0.395 e. The van der Waals surface area contributed by atoms with E-state index in [4.69, 9.17) is 5.11 Å². The van der Waals surface area contributed by atoms with Crippen LogP contribution >= 0.6 is 11.3 Å². The molecule has 0 bridgehead atoms. The molecule has 1 heterocycles. The maximum atomic E-state index is 12.3. The number of likely N-dealkylation sites (N-methyl/N-ethyl adjacent to an activating group) is 1. The normalized spacial score (nSPS) is 12.0. The number of carbonyl (C=O) groups excluding carboxylic acids is 1. The van der Waals surface area contributed by atoms with Gasteiger partial charge in [0.2, 0.25) is 0 Å². The minimum atomic E-state index is -0.163. The van der Waals surface area contributed by atoms with Gasteiger partial charge in [-0.05, 0) is 27.7 Å². The number of nitrogens with zero attached hydrogens (tertiary/aromatic N) is 2. The van der Waals surface area contributed by atoms with Crippen LogP contribution in [0.25, 0.3) is 10.6 Å². The summed E-state index contributed by atoms with van der Waals surface area (Å²) in [6.45, 7) is 8.76. The molecule has 2 rings (SSSR count). The van der Waals surface area contributed by atoms with Gasteiger partial charge in [-0.1, -0.05) is 29.8 Å². The van der Waals surface area contributed by atoms with Gasteiger partial charge in [0.15, 0.2) is 0 Å². The third kappa shape index (κ3) is 4.33. The third-order valence-electron chi connectivity index (χ3n) is 3.90. The quantitative estimate of drug-likeness (QED) is 0.840. The summed E-state index contributed by atoms with van der Waals surface area (Å²) in [5.41, 5.74) is 3.25. The van der Waals surface area contributed by atoms with Crippen LogP contribution in [0.15, 0.2) is 24.3 Å². The smallest absolute Gasteiger partial charge is 0.317 e. The Morgan fingerprint density at radius 1 is 1.33 bits per heavy atom. The zero-order chi connectivity index (χ0) is 17.7. The lowest BCUT2D eigenvalue weighted by atomic mass is 10.2. The summed E-state index contributed by atoms with van der Waals surface area (Å²) >= 11 is 1.61. The molecule has 0 radical (unpaired) electrons. The molecule has 2 amide bonds. The van der Waals surface area contributed by atoms with Crippen LogP contribution in [-0.2, 0) is 0 Å². The molecule has 130 valence electrons. The van der Waals surface area contributed by atoms with E-state index in [1.165, 1.54) is 5.56 Å². The molecule has 1 atom stereocenters. The van der Waals surface area contributed by atoms with Crippen LogP contribution in [0.5, 0.6) is 0 Å². The van der Waals surface area contributed by atoms with Crippen LogP contribution in [0.1, 0.15) is 36.0 Å². The van der Waals surface area contributed by atoms with E-state index < -0.39 is 0 Å². The average molecular weight is 347 g/mol. The minimum absolute atomic E-state index is 0.0349. The Morgan fingerprint density at radius 3 is 2.58 bits per heavy atom. The number of aryl methyl sites for hydroxylation is 2. The van der Waals surface area contributed by atoms with E-state index in [-0.39, 0.29) is 18.7 Å². The number of hydrogen-bond acceptors (Lipinski definition) is 4. The maximum Gasteiger partial charge on any atom is 0.317 e. The van der Waals surface area contributed by atoms with Gasteiger partial charge in [0.1, 0.15) is 5.01 Å². The highest BCUT2D eigenvalue weighted by Gasteiger charge is 2.19. The van der Waals surface area contributed by atoms with E-state index in [2.05, 4.69) is 41.5 Å². The number of amides is 2. The van der Waals surface area contributed by atoms with Gasteiger partial charge in [-0.25, -0.2) is 9.78 Å². The van der Waals surface area contributed by atoms with Crippen molar-refractivity contribution in [1.29, 1.82) is 0 Å². The van der Waals surface area contributed by atoms with Crippen LogP contribution in [0, 0.1) is 13.8 Å². The molecule has 0 spiro atoms. The van der Waals surface area contributed by atoms with Crippen molar-refractivity contribution in [2.24, 2.45) is 0 Å². The summed E-state index contributed by atoms with van der Waals surface area (Å²) < 4.78 is 0. The number of rotatable bonds is 6. The lowest BCUT2D eigenvalue weighted by molar-refractivity contribution is 0.178. The first kappa shape index (κ1) is 18.4. The number of urea groups is 1. The van der Waals surface area contributed by atoms with Crippen molar-refractivity contribution in [1.82, 2.24) is 15.2 Å². The molecule has 0 aliphatic carbocycles. The Labute approximate surface area is 147 Å². The van der Waals surface area contributed by atoms with Gasteiger partial charge in [-0.2, -0.15) is 0 Å². The highest BCUT2D eigenvalue weighted by molar-refractivity contribution is 7.15. The van der Waals surface area contributed by atoms with Gasteiger partial charge in [-0.3, -0.25) is 0 Å². The summed E-state index contributed by atoms with van der Waals surface area (Å²) in [7, 11) is 0. The molecule has 24 heavy (non-hydrogen) atoms. The van der Waals surface area contributed by atoms with Crippen molar-refractivity contribution in [3.63, 3.8) is 0 Å². The summed E-state index contributed by atoms with van der Waals surface area (Å²) in [5, 5.41) is 13.0. The lowest BCUT2D eigenvalue weighted by Crippen LogP contribution is -2.42. The van der Waals surface area contributed by atoms with Crippen LogP contribution in [0.2, 0.25) is 0 Å². The zero-order valence-electron chi connectivity index (χ0n) is 14.7. The van der Waals surface area contributed by atoms with Crippen molar-refractivity contribution >= 4 is 17.4 Å². The van der Waals surface area contributed by atoms with Gasteiger partial charge in [0, 0.05) is 18.7 Å². The van der Waals surface area contributed by atoms with Crippen molar-refractivity contribution in [3.8, 4) is 10.6 Å². The van der Waals surface area contributed by atoms with Crippen LogP contribution in [0.4, 0.5) is 4.79 Å². The lowest BCUT2D eigenvalue weighted by Gasteiger charge is -2.22. The first-order valence-corrected chi connectivity index (χ1v) is 8.98. The highest BCUT2D eigenvalue weighted by atomic mass is 32.1. The SMILES string of the molecule is CCN(CCO)C(=O)NC(C)c1sc(-c2ccc(C)cc2)nc1C. The Kier molecular flexibility index (Phi) is 6.34. The van der Waals surface area contributed by atoms with E-state index in [1.807, 2.05) is 20.8 Å². The van der Waals surface area contributed by atoms with Gasteiger partial charge in [0.25, 0.3) is 0 Å². The molecule has 0 aliphatic rings. The Morgan fingerprint density at radius 2 is 2.00 bits per heavy atom. The maximum absolute atomic E-state index is 12.3. The second-order valence-corrected chi connectivity index (χ2v) is 6.84. The number of aliphatic hydroxyl groups is 1. The predicted molar refractivity (Wildman–Crippen MR) is 98.3 cm³/mol. The van der Waals surface area contributed by atoms with E-state index in [0.29, 0.717) is 13.1 Å². The van der Waals surface area contributed by atoms with Gasteiger partial charge >= 0.3 is 6.03 Å². The number of nitrogens with one attached hydrogen (secondary N) is 1.